The molecule has 1 heterocycles. The number of rotatable bonds is 5. The maximum atomic E-state index is 12.4. The summed E-state index contributed by atoms with van der Waals surface area (Å²) in [6.45, 7) is -2.19. The van der Waals surface area contributed by atoms with Gasteiger partial charge >= 0.3 is 12.1 Å². The van der Waals surface area contributed by atoms with Gasteiger partial charge in [-0.1, -0.05) is 0 Å². The van der Waals surface area contributed by atoms with E-state index in [1.165, 1.54) is 0 Å². The fourth-order valence-corrected chi connectivity index (χ4v) is 1.42. The number of nitrogen functional groups attached to an aromatic ring is 1. The number of aliphatic hydroxyl groups is 1. The third-order valence-electron chi connectivity index (χ3n) is 2.21. The summed E-state index contributed by atoms with van der Waals surface area (Å²) in [5, 5.41) is 17.6. The summed E-state index contributed by atoms with van der Waals surface area (Å²) in [5.41, 5.74) is 4.87. The number of nitrogens with two attached hydrogens (primary N) is 1. The number of anilines is 2. The van der Waals surface area contributed by atoms with E-state index in [1.807, 2.05) is 0 Å². The zero-order valence-electron chi connectivity index (χ0n) is 9.68. The molecule has 0 saturated heterocycles. The normalized spacial score (nSPS) is 11.4. The van der Waals surface area contributed by atoms with Gasteiger partial charge in [0.25, 0.3) is 0 Å². The fraction of sp³-hybridized carbons (Fsp3) is 0.400. The van der Waals surface area contributed by atoms with E-state index in [0.717, 1.165) is 17.2 Å². The molecule has 0 saturated carbocycles. The minimum atomic E-state index is -4.50. The van der Waals surface area contributed by atoms with E-state index >= 15 is 0 Å². The van der Waals surface area contributed by atoms with Gasteiger partial charge in [-0.15, -0.1) is 0 Å². The Hall–Kier alpha value is -2.03. The van der Waals surface area contributed by atoms with E-state index in [0.29, 0.717) is 0 Å². The molecule has 4 N–H and O–H groups in total. The van der Waals surface area contributed by atoms with Crippen molar-refractivity contribution in [2.75, 3.05) is 30.3 Å². The number of nitrogens with zero attached hydrogens (tertiary/aromatic N) is 2. The van der Waals surface area contributed by atoms with Gasteiger partial charge in [0.05, 0.1) is 24.1 Å². The number of aromatic carboxylic acids is 1. The van der Waals surface area contributed by atoms with Gasteiger partial charge in [0.1, 0.15) is 12.4 Å². The molecule has 0 aliphatic heterocycles. The van der Waals surface area contributed by atoms with Gasteiger partial charge in [-0.2, -0.15) is 13.2 Å². The number of hydrogen-bond donors (Lipinski definition) is 3. The van der Waals surface area contributed by atoms with E-state index in [9.17, 15) is 18.0 Å². The Labute approximate surface area is 106 Å². The third-order valence-corrected chi connectivity index (χ3v) is 2.21. The van der Waals surface area contributed by atoms with Crippen LogP contribution in [0, 0.1) is 0 Å². The largest absolute Gasteiger partial charge is 0.478 e. The van der Waals surface area contributed by atoms with E-state index < -0.39 is 25.3 Å². The van der Waals surface area contributed by atoms with Gasteiger partial charge < -0.3 is 20.8 Å². The Bertz CT molecular complexity index is 465. The molecule has 0 atom stereocenters. The van der Waals surface area contributed by atoms with Crippen LogP contribution in [-0.4, -0.2) is 47.0 Å². The Balaban J connectivity index is 3.09. The summed E-state index contributed by atoms with van der Waals surface area (Å²) in [6, 6.07) is 0.944. The summed E-state index contributed by atoms with van der Waals surface area (Å²) < 4.78 is 37.1. The Morgan fingerprint density at radius 3 is 2.58 bits per heavy atom. The van der Waals surface area contributed by atoms with Crippen molar-refractivity contribution in [3.05, 3.63) is 17.8 Å². The average Bonchev–Trinajstić information content (AvgIpc) is 2.27. The van der Waals surface area contributed by atoms with Crippen molar-refractivity contribution in [2.24, 2.45) is 0 Å². The second-order valence-corrected chi connectivity index (χ2v) is 3.70. The summed E-state index contributed by atoms with van der Waals surface area (Å²) in [5.74, 6) is -1.57. The SMILES string of the molecule is Nc1cnc(N(CCO)CC(F)(F)F)cc1C(=O)O. The van der Waals surface area contributed by atoms with Crippen molar-refractivity contribution in [3.63, 3.8) is 0 Å². The van der Waals surface area contributed by atoms with Crippen LogP contribution in [0.4, 0.5) is 24.7 Å². The molecular formula is C10H12F3N3O3. The van der Waals surface area contributed by atoms with E-state index in [4.69, 9.17) is 15.9 Å². The number of alkyl halides is 3. The Kier molecular flexibility index (Phi) is 4.54. The molecule has 0 spiro atoms. The van der Waals surface area contributed by atoms with Crippen molar-refractivity contribution >= 4 is 17.5 Å². The van der Waals surface area contributed by atoms with E-state index in [-0.39, 0.29) is 23.6 Å². The fourth-order valence-electron chi connectivity index (χ4n) is 1.42. The lowest BCUT2D eigenvalue weighted by atomic mass is 10.2. The Morgan fingerprint density at radius 2 is 2.11 bits per heavy atom. The number of halogens is 3. The zero-order chi connectivity index (χ0) is 14.6. The molecule has 0 fully saturated rings. The van der Waals surface area contributed by atoms with Crippen molar-refractivity contribution in [1.82, 2.24) is 4.98 Å². The second-order valence-electron chi connectivity index (χ2n) is 3.70. The molecule has 0 amide bonds. The van der Waals surface area contributed by atoms with Crippen LogP contribution in [0.15, 0.2) is 12.3 Å². The van der Waals surface area contributed by atoms with Crippen LogP contribution >= 0.6 is 0 Å². The molecular weight excluding hydrogens is 267 g/mol. The smallest absolute Gasteiger partial charge is 0.405 e. The van der Waals surface area contributed by atoms with Gasteiger partial charge in [-0.05, 0) is 6.07 Å². The van der Waals surface area contributed by atoms with Gasteiger partial charge in [0.2, 0.25) is 0 Å². The van der Waals surface area contributed by atoms with Crippen LogP contribution in [0.25, 0.3) is 0 Å². The molecule has 1 aromatic heterocycles. The lowest BCUT2D eigenvalue weighted by molar-refractivity contribution is -0.120. The van der Waals surface area contributed by atoms with Gasteiger partial charge in [-0.25, -0.2) is 9.78 Å². The number of hydrogen-bond acceptors (Lipinski definition) is 5. The van der Waals surface area contributed by atoms with Gasteiger partial charge in [-0.3, -0.25) is 0 Å². The zero-order valence-corrected chi connectivity index (χ0v) is 9.68. The first-order valence-corrected chi connectivity index (χ1v) is 5.16. The number of carboxylic acids is 1. The van der Waals surface area contributed by atoms with Crippen molar-refractivity contribution in [2.45, 2.75) is 6.18 Å². The highest BCUT2D eigenvalue weighted by molar-refractivity contribution is 5.94. The molecule has 0 bridgehead atoms. The summed E-state index contributed by atoms with van der Waals surface area (Å²) >= 11 is 0. The standard InChI is InChI=1S/C10H12F3N3O3/c11-10(12,13)5-16(1-2-17)8-3-6(9(18)19)7(14)4-15-8/h3-4,17H,1-2,5,14H2,(H,18,19). The molecule has 9 heteroatoms. The lowest BCUT2D eigenvalue weighted by Gasteiger charge is -2.24. The molecule has 0 aliphatic carbocycles. The monoisotopic (exact) mass is 279 g/mol. The molecule has 1 aromatic rings. The first kappa shape index (κ1) is 15.0. The maximum Gasteiger partial charge on any atom is 0.405 e. The number of carbonyl (C=O) groups is 1. The molecule has 106 valence electrons. The van der Waals surface area contributed by atoms with Gasteiger partial charge in [0, 0.05) is 6.54 Å². The highest BCUT2D eigenvalue weighted by atomic mass is 19.4. The predicted molar refractivity (Wildman–Crippen MR) is 61.0 cm³/mol. The number of carboxylic acid groups (broad SMARTS) is 1. The first-order chi connectivity index (χ1) is 8.74. The van der Waals surface area contributed by atoms with Crippen LogP contribution in [0.3, 0.4) is 0 Å². The highest BCUT2D eigenvalue weighted by Gasteiger charge is 2.31. The highest BCUT2D eigenvalue weighted by Crippen LogP contribution is 2.23. The average molecular weight is 279 g/mol. The number of aliphatic hydroxyl groups excluding tert-OH is 1. The van der Waals surface area contributed by atoms with E-state index in [2.05, 4.69) is 4.98 Å². The van der Waals surface area contributed by atoms with Crippen molar-refractivity contribution in [1.29, 1.82) is 0 Å². The van der Waals surface area contributed by atoms with Crippen LogP contribution in [0.1, 0.15) is 10.4 Å². The molecule has 0 radical (unpaired) electrons. The topological polar surface area (TPSA) is 99.7 Å². The number of aromatic nitrogens is 1. The third kappa shape index (κ3) is 4.28. The minimum absolute atomic E-state index is 0.146. The predicted octanol–water partition coefficient (Wildman–Crippen LogP) is 0.723. The summed E-state index contributed by atoms with van der Waals surface area (Å²) in [4.78, 5) is 15.2. The van der Waals surface area contributed by atoms with Crippen LogP contribution in [0.2, 0.25) is 0 Å². The molecule has 1 rings (SSSR count). The second kappa shape index (κ2) is 5.74. The van der Waals surface area contributed by atoms with Crippen LogP contribution in [0.5, 0.6) is 0 Å². The van der Waals surface area contributed by atoms with Crippen molar-refractivity contribution in [3.8, 4) is 0 Å². The van der Waals surface area contributed by atoms with Crippen molar-refractivity contribution < 1.29 is 28.2 Å². The van der Waals surface area contributed by atoms with E-state index in [1.54, 1.807) is 0 Å². The lowest BCUT2D eigenvalue weighted by Crippen LogP contribution is -2.37. The van der Waals surface area contributed by atoms with Gasteiger partial charge in [0.15, 0.2) is 0 Å². The molecule has 19 heavy (non-hydrogen) atoms. The van der Waals surface area contributed by atoms with Crippen LogP contribution < -0.4 is 10.6 Å². The summed E-state index contributed by atoms with van der Waals surface area (Å²) in [7, 11) is 0. The molecule has 0 aromatic carbocycles. The quantitative estimate of drug-likeness (QED) is 0.734. The number of pyridine rings is 1. The first-order valence-electron chi connectivity index (χ1n) is 5.16. The molecule has 0 unspecified atom stereocenters. The molecule has 6 nitrogen and oxygen atoms in total. The summed E-state index contributed by atoms with van der Waals surface area (Å²) in [6.07, 6.45) is -3.53. The maximum absolute atomic E-state index is 12.4. The minimum Gasteiger partial charge on any atom is -0.478 e. The molecule has 0 aliphatic rings. The Morgan fingerprint density at radius 1 is 1.47 bits per heavy atom. The van der Waals surface area contributed by atoms with Crippen LogP contribution in [-0.2, 0) is 0 Å².